The third-order valence-electron chi connectivity index (χ3n) is 6.50. The van der Waals surface area contributed by atoms with Crippen molar-refractivity contribution in [2.45, 2.75) is 52.7 Å². The monoisotopic (exact) mass is 442 g/mol. The van der Waals surface area contributed by atoms with Crippen molar-refractivity contribution >= 4 is 11.7 Å². The van der Waals surface area contributed by atoms with E-state index in [9.17, 15) is 4.79 Å². The summed E-state index contributed by atoms with van der Waals surface area (Å²) >= 11 is 0. The molecule has 2 amide bonds. The van der Waals surface area contributed by atoms with Gasteiger partial charge in [0.15, 0.2) is 0 Å². The molecule has 0 spiro atoms. The van der Waals surface area contributed by atoms with Crippen LogP contribution >= 0.6 is 0 Å². The van der Waals surface area contributed by atoms with Crippen molar-refractivity contribution in [1.29, 1.82) is 0 Å². The van der Waals surface area contributed by atoms with Crippen LogP contribution in [0.1, 0.15) is 40.9 Å². The van der Waals surface area contributed by atoms with Gasteiger partial charge in [-0.2, -0.15) is 0 Å². The molecule has 1 aromatic heterocycles. The molecule has 0 aliphatic carbocycles. The lowest BCUT2D eigenvalue weighted by molar-refractivity contribution is 0.119. The van der Waals surface area contributed by atoms with Crippen LogP contribution in [0.3, 0.4) is 0 Å². The Balaban J connectivity index is 1.48. The van der Waals surface area contributed by atoms with Gasteiger partial charge < -0.3 is 10.2 Å². The first-order valence-corrected chi connectivity index (χ1v) is 11.8. The number of piperidine rings is 1. The van der Waals surface area contributed by atoms with E-state index in [-0.39, 0.29) is 12.1 Å². The van der Waals surface area contributed by atoms with Crippen LogP contribution in [0.25, 0.3) is 0 Å². The standard InChI is InChI=1S/C28H34N4O/c1-21-9-7-10-22(2)27(21)30-28(33)32(20-25-14-8-11-23(3)29-25)26-15-17-31(18-16-26)19-24-12-5-4-6-13-24/h4-14,26H,15-20H2,1-3H3,(H,30,33). The molecule has 0 radical (unpaired) electrons. The highest BCUT2D eigenvalue weighted by atomic mass is 16.2. The number of pyridine rings is 1. The van der Waals surface area contributed by atoms with Crippen LogP contribution in [0.2, 0.25) is 0 Å². The zero-order valence-corrected chi connectivity index (χ0v) is 19.9. The third kappa shape index (κ3) is 5.99. The number of nitrogens with zero attached hydrogens (tertiary/aromatic N) is 3. The summed E-state index contributed by atoms with van der Waals surface area (Å²) < 4.78 is 0. The molecule has 1 N–H and O–H groups in total. The molecule has 2 aromatic carbocycles. The van der Waals surface area contributed by atoms with E-state index in [1.54, 1.807) is 0 Å². The van der Waals surface area contributed by atoms with Gasteiger partial charge in [-0.15, -0.1) is 0 Å². The van der Waals surface area contributed by atoms with Gasteiger partial charge >= 0.3 is 6.03 Å². The Labute approximate surface area is 197 Å². The Morgan fingerprint density at radius 2 is 1.61 bits per heavy atom. The maximum Gasteiger partial charge on any atom is 0.322 e. The number of benzene rings is 2. The number of amides is 2. The van der Waals surface area contributed by atoms with Gasteiger partial charge in [-0.1, -0.05) is 54.6 Å². The molecule has 2 heterocycles. The van der Waals surface area contributed by atoms with Crippen molar-refractivity contribution < 1.29 is 4.79 Å². The number of carbonyl (C=O) groups excluding carboxylic acids is 1. The first-order chi connectivity index (χ1) is 16.0. The summed E-state index contributed by atoms with van der Waals surface area (Å²) in [5.74, 6) is 0. The average molecular weight is 443 g/mol. The van der Waals surface area contributed by atoms with Crippen molar-refractivity contribution in [1.82, 2.24) is 14.8 Å². The maximum atomic E-state index is 13.6. The topological polar surface area (TPSA) is 48.5 Å². The summed E-state index contributed by atoms with van der Waals surface area (Å²) in [6.07, 6.45) is 1.91. The molecule has 3 aromatic rings. The molecule has 0 bridgehead atoms. The van der Waals surface area contributed by atoms with Gasteiger partial charge in [-0.3, -0.25) is 9.88 Å². The van der Waals surface area contributed by atoms with Crippen LogP contribution in [0.5, 0.6) is 0 Å². The summed E-state index contributed by atoms with van der Waals surface area (Å²) in [4.78, 5) is 22.7. The number of hydrogen-bond acceptors (Lipinski definition) is 3. The number of likely N-dealkylation sites (tertiary alicyclic amines) is 1. The van der Waals surface area contributed by atoms with Crippen LogP contribution in [-0.2, 0) is 13.1 Å². The van der Waals surface area contributed by atoms with Gasteiger partial charge in [0.25, 0.3) is 0 Å². The summed E-state index contributed by atoms with van der Waals surface area (Å²) in [5, 5.41) is 3.21. The van der Waals surface area contributed by atoms with Crippen LogP contribution in [0.15, 0.2) is 66.7 Å². The fraction of sp³-hybridized carbons (Fsp3) is 0.357. The number of urea groups is 1. The largest absolute Gasteiger partial charge is 0.322 e. The Bertz CT molecular complexity index is 1050. The van der Waals surface area contributed by atoms with Crippen molar-refractivity contribution in [3.05, 3.63) is 94.8 Å². The van der Waals surface area contributed by atoms with E-state index in [1.807, 2.05) is 62.1 Å². The van der Waals surface area contributed by atoms with Gasteiger partial charge in [-0.05, 0) is 62.4 Å². The van der Waals surface area contributed by atoms with Gasteiger partial charge in [0, 0.05) is 37.1 Å². The number of aryl methyl sites for hydroxylation is 3. The summed E-state index contributed by atoms with van der Waals surface area (Å²) in [6, 6.07) is 22.9. The van der Waals surface area contributed by atoms with E-state index < -0.39 is 0 Å². The molecule has 0 saturated carbocycles. The quantitative estimate of drug-likeness (QED) is 0.532. The van der Waals surface area contributed by atoms with Crippen LogP contribution < -0.4 is 5.32 Å². The van der Waals surface area contributed by atoms with Crippen LogP contribution in [0, 0.1) is 20.8 Å². The molecule has 0 unspecified atom stereocenters. The molecule has 1 aliphatic rings. The normalized spacial score (nSPS) is 14.8. The van der Waals surface area contributed by atoms with Crippen LogP contribution in [0.4, 0.5) is 10.5 Å². The molecule has 0 atom stereocenters. The van der Waals surface area contributed by atoms with E-state index in [0.717, 1.165) is 60.7 Å². The zero-order valence-electron chi connectivity index (χ0n) is 19.9. The second-order valence-corrected chi connectivity index (χ2v) is 9.09. The zero-order chi connectivity index (χ0) is 23.2. The number of carbonyl (C=O) groups is 1. The molecule has 1 fully saturated rings. The highest BCUT2D eigenvalue weighted by Gasteiger charge is 2.29. The fourth-order valence-corrected chi connectivity index (χ4v) is 4.65. The number of hydrogen-bond donors (Lipinski definition) is 1. The smallest absolute Gasteiger partial charge is 0.316 e. The van der Waals surface area contributed by atoms with E-state index in [2.05, 4.69) is 45.5 Å². The molecule has 1 aliphatic heterocycles. The van der Waals surface area contributed by atoms with Crippen molar-refractivity contribution in [3.8, 4) is 0 Å². The summed E-state index contributed by atoms with van der Waals surface area (Å²) in [7, 11) is 0. The Kier molecular flexibility index (Phi) is 7.40. The predicted octanol–water partition coefficient (Wildman–Crippen LogP) is 5.71. The van der Waals surface area contributed by atoms with Gasteiger partial charge in [-0.25, -0.2) is 4.79 Å². The molecule has 1 saturated heterocycles. The number of anilines is 1. The van der Waals surface area contributed by atoms with E-state index in [4.69, 9.17) is 0 Å². The van der Waals surface area contributed by atoms with E-state index >= 15 is 0 Å². The fourth-order valence-electron chi connectivity index (χ4n) is 4.65. The molecule has 5 nitrogen and oxygen atoms in total. The summed E-state index contributed by atoms with van der Waals surface area (Å²) in [6.45, 7) is 9.51. The minimum atomic E-state index is -0.0442. The highest BCUT2D eigenvalue weighted by Crippen LogP contribution is 2.24. The van der Waals surface area contributed by atoms with Gasteiger partial charge in [0.2, 0.25) is 0 Å². The minimum absolute atomic E-state index is 0.0442. The lowest BCUT2D eigenvalue weighted by Gasteiger charge is -2.38. The maximum absolute atomic E-state index is 13.6. The lowest BCUT2D eigenvalue weighted by atomic mass is 10.0. The average Bonchev–Trinajstić information content (AvgIpc) is 2.81. The highest BCUT2D eigenvalue weighted by molar-refractivity contribution is 5.91. The van der Waals surface area contributed by atoms with Crippen molar-refractivity contribution in [3.63, 3.8) is 0 Å². The second-order valence-electron chi connectivity index (χ2n) is 9.09. The molecule has 172 valence electrons. The number of aromatic nitrogens is 1. The predicted molar refractivity (Wildman–Crippen MR) is 134 cm³/mol. The third-order valence-corrected chi connectivity index (χ3v) is 6.50. The number of rotatable bonds is 6. The number of para-hydroxylation sites is 1. The van der Waals surface area contributed by atoms with Crippen molar-refractivity contribution in [2.24, 2.45) is 0 Å². The van der Waals surface area contributed by atoms with Crippen molar-refractivity contribution in [2.75, 3.05) is 18.4 Å². The van der Waals surface area contributed by atoms with E-state index in [1.165, 1.54) is 5.56 Å². The lowest BCUT2D eigenvalue weighted by Crippen LogP contribution is -2.48. The Hall–Kier alpha value is -3.18. The molecular weight excluding hydrogens is 408 g/mol. The molecule has 4 rings (SSSR count). The number of nitrogens with one attached hydrogen (secondary N) is 1. The minimum Gasteiger partial charge on any atom is -0.316 e. The SMILES string of the molecule is Cc1cccc(CN(C(=O)Nc2c(C)cccc2C)C2CCN(Cc3ccccc3)CC2)n1. The molecule has 5 heteroatoms. The van der Waals surface area contributed by atoms with Gasteiger partial charge in [0.05, 0.1) is 12.2 Å². The summed E-state index contributed by atoms with van der Waals surface area (Å²) in [5.41, 5.74) is 6.30. The van der Waals surface area contributed by atoms with Crippen LogP contribution in [-0.4, -0.2) is 39.9 Å². The second kappa shape index (κ2) is 10.6. The molecular formula is C28H34N4O. The van der Waals surface area contributed by atoms with E-state index in [0.29, 0.717) is 6.54 Å². The molecule has 33 heavy (non-hydrogen) atoms. The van der Waals surface area contributed by atoms with Gasteiger partial charge in [0.1, 0.15) is 0 Å². The Morgan fingerprint density at radius 1 is 0.939 bits per heavy atom. The first kappa shape index (κ1) is 23.0. The Morgan fingerprint density at radius 3 is 2.27 bits per heavy atom. The first-order valence-electron chi connectivity index (χ1n) is 11.8.